The Morgan fingerprint density at radius 1 is 1.50 bits per heavy atom. The lowest BCUT2D eigenvalue weighted by Crippen LogP contribution is -2.29. The van der Waals surface area contributed by atoms with Crippen LogP contribution in [-0.2, 0) is 9.53 Å². The minimum Gasteiger partial charge on any atom is -0.354 e. The first-order valence-corrected chi connectivity index (χ1v) is 4.43. The summed E-state index contributed by atoms with van der Waals surface area (Å²) in [7, 11) is 0. The summed E-state index contributed by atoms with van der Waals surface area (Å²) in [5.41, 5.74) is 0.824. The quantitative estimate of drug-likeness (QED) is 0.637. The van der Waals surface area contributed by atoms with Gasteiger partial charge in [-0.2, -0.15) is 0 Å². The van der Waals surface area contributed by atoms with Crippen molar-refractivity contribution in [1.82, 2.24) is 0 Å². The molecule has 0 spiro atoms. The molecule has 0 aromatic heterocycles. The number of hydrogen-bond acceptors (Lipinski definition) is 2. The van der Waals surface area contributed by atoms with Gasteiger partial charge in [-0.15, -0.1) is 0 Å². The third-order valence-electron chi connectivity index (χ3n) is 2.01. The summed E-state index contributed by atoms with van der Waals surface area (Å²) >= 11 is 3.24. The van der Waals surface area contributed by atoms with Gasteiger partial charge >= 0.3 is 0 Å². The summed E-state index contributed by atoms with van der Waals surface area (Å²) in [6.07, 6.45) is 4.85. The standard InChI is InChI=1S/C9H7BrO2/c1-2-5-6-3-4-7(12-6)9(11)8(5)10/h2-4,6-7H,1H2/t6-,7+/m1/s1. The van der Waals surface area contributed by atoms with Crippen LogP contribution in [0.15, 0.2) is 34.9 Å². The summed E-state index contributed by atoms with van der Waals surface area (Å²) in [6, 6.07) is 0. The van der Waals surface area contributed by atoms with Gasteiger partial charge in [-0.25, -0.2) is 0 Å². The minimum absolute atomic E-state index is 0.0186. The van der Waals surface area contributed by atoms with E-state index in [1.54, 1.807) is 12.2 Å². The largest absolute Gasteiger partial charge is 0.354 e. The lowest BCUT2D eigenvalue weighted by atomic mass is 10.1. The maximum atomic E-state index is 11.4. The first-order chi connectivity index (χ1) is 5.74. The zero-order valence-electron chi connectivity index (χ0n) is 6.29. The molecule has 0 N–H and O–H groups in total. The van der Waals surface area contributed by atoms with Gasteiger partial charge in [-0.3, -0.25) is 4.79 Å². The first-order valence-electron chi connectivity index (χ1n) is 3.64. The van der Waals surface area contributed by atoms with Gasteiger partial charge in [0.25, 0.3) is 0 Å². The molecule has 2 aliphatic heterocycles. The van der Waals surface area contributed by atoms with E-state index < -0.39 is 0 Å². The predicted molar refractivity (Wildman–Crippen MR) is 49.0 cm³/mol. The second-order valence-electron chi connectivity index (χ2n) is 2.70. The van der Waals surface area contributed by atoms with E-state index in [-0.39, 0.29) is 18.0 Å². The highest BCUT2D eigenvalue weighted by Crippen LogP contribution is 2.32. The van der Waals surface area contributed by atoms with Gasteiger partial charge in [0, 0.05) is 5.57 Å². The van der Waals surface area contributed by atoms with Gasteiger partial charge < -0.3 is 4.74 Å². The van der Waals surface area contributed by atoms with Crippen LogP contribution in [0.2, 0.25) is 0 Å². The van der Waals surface area contributed by atoms with Gasteiger partial charge in [-0.1, -0.05) is 18.7 Å². The van der Waals surface area contributed by atoms with Crippen molar-refractivity contribution in [2.24, 2.45) is 0 Å². The fraction of sp³-hybridized carbons (Fsp3) is 0.222. The third-order valence-corrected chi connectivity index (χ3v) is 2.86. The van der Waals surface area contributed by atoms with Crippen molar-refractivity contribution in [1.29, 1.82) is 0 Å². The molecule has 0 unspecified atom stereocenters. The molecule has 2 atom stereocenters. The maximum absolute atomic E-state index is 11.4. The van der Waals surface area contributed by atoms with E-state index in [1.807, 2.05) is 6.08 Å². The number of ketones is 1. The fourth-order valence-electron chi connectivity index (χ4n) is 1.37. The molecule has 12 heavy (non-hydrogen) atoms. The molecule has 0 fully saturated rings. The Bertz CT molecular complexity index is 314. The minimum atomic E-state index is -0.381. The molecule has 0 aromatic rings. The van der Waals surface area contributed by atoms with Crippen LogP contribution in [0.1, 0.15) is 0 Å². The zero-order chi connectivity index (χ0) is 8.72. The maximum Gasteiger partial charge on any atom is 0.202 e. The summed E-state index contributed by atoms with van der Waals surface area (Å²) in [5.74, 6) is -0.0186. The van der Waals surface area contributed by atoms with Gasteiger partial charge in [0.1, 0.15) is 12.2 Å². The van der Waals surface area contributed by atoms with Crippen LogP contribution in [0.25, 0.3) is 0 Å². The highest BCUT2D eigenvalue weighted by Gasteiger charge is 2.35. The molecular formula is C9H7BrO2. The number of rotatable bonds is 1. The van der Waals surface area contributed by atoms with Gasteiger partial charge in [0.15, 0.2) is 0 Å². The van der Waals surface area contributed by atoms with E-state index in [9.17, 15) is 4.79 Å². The van der Waals surface area contributed by atoms with Crippen molar-refractivity contribution >= 4 is 21.7 Å². The van der Waals surface area contributed by atoms with E-state index in [2.05, 4.69) is 22.5 Å². The van der Waals surface area contributed by atoms with Crippen LogP contribution in [0.5, 0.6) is 0 Å². The van der Waals surface area contributed by atoms with E-state index >= 15 is 0 Å². The number of carbonyl (C=O) groups is 1. The van der Waals surface area contributed by atoms with Crippen LogP contribution in [0.4, 0.5) is 0 Å². The average molecular weight is 227 g/mol. The zero-order valence-corrected chi connectivity index (χ0v) is 7.87. The Labute approximate surface area is 78.7 Å². The first kappa shape index (κ1) is 7.95. The second-order valence-corrected chi connectivity index (χ2v) is 3.49. The summed E-state index contributed by atoms with van der Waals surface area (Å²) < 4.78 is 5.96. The van der Waals surface area contributed by atoms with Crippen LogP contribution < -0.4 is 0 Å². The van der Waals surface area contributed by atoms with E-state index in [0.717, 1.165) is 5.57 Å². The number of carbonyl (C=O) groups excluding carboxylic acids is 1. The van der Waals surface area contributed by atoms with Crippen molar-refractivity contribution in [2.75, 3.05) is 0 Å². The number of hydrogen-bond donors (Lipinski definition) is 0. The van der Waals surface area contributed by atoms with Crippen molar-refractivity contribution in [3.63, 3.8) is 0 Å². The Morgan fingerprint density at radius 3 is 2.83 bits per heavy atom. The molecule has 0 saturated heterocycles. The summed E-state index contributed by atoms with van der Waals surface area (Å²) in [4.78, 5) is 11.4. The highest BCUT2D eigenvalue weighted by atomic mass is 79.9. The molecule has 2 bridgehead atoms. The molecule has 2 aliphatic rings. The lowest BCUT2D eigenvalue weighted by molar-refractivity contribution is -0.124. The SMILES string of the molecule is C=CC1=C(Br)C(=O)[C@@H]2C=C[C@H]1O2. The van der Waals surface area contributed by atoms with Gasteiger partial charge in [0.05, 0.1) is 4.48 Å². The third kappa shape index (κ3) is 0.934. The molecule has 2 rings (SSSR count). The molecule has 0 aromatic carbocycles. The van der Waals surface area contributed by atoms with Crippen molar-refractivity contribution < 1.29 is 9.53 Å². The number of fused-ring (bicyclic) bond motifs is 2. The van der Waals surface area contributed by atoms with Crippen LogP contribution in [0.3, 0.4) is 0 Å². The van der Waals surface area contributed by atoms with Crippen LogP contribution in [-0.4, -0.2) is 18.0 Å². The molecule has 0 radical (unpaired) electrons. The van der Waals surface area contributed by atoms with E-state index in [1.165, 1.54) is 0 Å². The smallest absolute Gasteiger partial charge is 0.202 e. The van der Waals surface area contributed by atoms with Crippen LogP contribution >= 0.6 is 15.9 Å². The van der Waals surface area contributed by atoms with Crippen molar-refractivity contribution in [2.45, 2.75) is 12.2 Å². The molecule has 0 amide bonds. The van der Waals surface area contributed by atoms with Crippen molar-refractivity contribution in [3.05, 3.63) is 34.9 Å². The van der Waals surface area contributed by atoms with Crippen LogP contribution in [0, 0.1) is 0 Å². The molecule has 3 heteroatoms. The molecule has 2 heterocycles. The number of ether oxygens (including phenoxy) is 1. The lowest BCUT2D eigenvalue weighted by Gasteiger charge is -2.21. The topological polar surface area (TPSA) is 26.3 Å². The Kier molecular flexibility index (Phi) is 1.77. The van der Waals surface area contributed by atoms with E-state index in [0.29, 0.717) is 4.48 Å². The molecule has 62 valence electrons. The average Bonchev–Trinajstić information content (AvgIpc) is 2.49. The van der Waals surface area contributed by atoms with Crippen molar-refractivity contribution in [3.8, 4) is 0 Å². The molecule has 0 aliphatic carbocycles. The highest BCUT2D eigenvalue weighted by molar-refractivity contribution is 9.12. The Hall–Kier alpha value is -0.670. The van der Waals surface area contributed by atoms with Gasteiger partial charge in [-0.05, 0) is 22.0 Å². The predicted octanol–water partition coefficient (Wildman–Crippen LogP) is 1.73. The molecule has 0 saturated carbocycles. The molecule has 2 nitrogen and oxygen atoms in total. The normalized spacial score (nSPS) is 32.9. The molecular weight excluding hydrogens is 220 g/mol. The monoisotopic (exact) mass is 226 g/mol. The number of Topliss-reactive ketones (excluding diaryl/α,β-unsaturated/α-hetero) is 1. The summed E-state index contributed by atoms with van der Waals surface area (Å²) in [6.45, 7) is 3.63. The fourth-order valence-corrected chi connectivity index (χ4v) is 1.99. The second kappa shape index (κ2) is 2.68. The number of halogens is 1. The van der Waals surface area contributed by atoms with Gasteiger partial charge in [0.2, 0.25) is 5.78 Å². The summed E-state index contributed by atoms with van der Waals surface area (Å²) in [5, 5.41) is 0. The Balaban J connectivity index is 2.51. The Morgan fingerprint density at radius 2 is 2.17 bits per heavy atom. The van der Waals surface area contributed by atoms with E-state index in [4.69, 9.17) is 4.74 Å².